The van der Waals surface area contributed by atoms with Gasteiger partial charge < -0.3 is 9.66 Å². The average Bonchev–Trinajstić information content (AvgIpc) is 2.82. The minimum absolute atomic E-state index is 0.0684. The van der Waals surface area contributed by atoms with E-state index in [2.05, 4.69) is 26.3 Å². The molecule has 10 nitrogen and oxygen atoms in total. The molecule has 4 aromatic carbocycles. The van der Waals surface area contributed by atoms with Crippen LogP contribution >= 0.6 is 0 Å². The Hall–Kier alpha value is -3.97. The maximum absolute atomic E-state index is 12.0. The van der Waals surface area contributed by atoms with Gasteiger partial charge in [-0.3, -0.25) is 4.55 Å². The fourth-order valence-electron chi connectivity index (χ4n) is 3.53. The number of aryl methyl sites for hydroxylation is 2. The van der Waals surface area contributed by atoms with Crippen molar-refractivity contribution in [3.63, 3.8) is 0 Å². The summed E-state index contributed by atoms with van der Waals surface area (Å²) in [5.41, 5.74) is 3.15. The van der Waals surface area contributed by atoms with Gasteiger partial charge in [-0.1, -0.05) is 24.3 Å². The van der Waals surface area contributed by atoms with Crippen molar-refractivity contribution in [3.8, 4) is 5.75 Å². The van der Waals surface area contributed by atoms with Crippen LogP contribution in [0.4, 0.5) is 22.7 Å². The summed E-state index contributed by atoms with van der Waals surface area (Å²) >= 11 is 0. The first-order chi connectivity index (χ1) is 17.3. The molecular weight excluding hydrogens is 516 g/mol. The zero-order valence-electron chi connectivity index (χ0n) is 19.7. The number of azo groups is 2. The van der Waals surface area contributed by atoms with Crippen molar-refractivity contribution in [2.75, 3.05) is 0 Å². The topological polar surface area (TPSA) is 161 Å². The number of rotatable bonds is 6. The highest BCUT2D eigenvalue weighted by molar-refractivity contribution is 7.95. The quantitative estimate of drug-likeness (QED) is 0.139. The van der Waals surface area contributed by atoms with E-state index in [9.17, 15) is 26.8 Å². The van der Waals surface area contributed by atoms with Gasteiger partial charge in [0.05, 0.1) is 22.0 Å². The molecular formula is C25H22N4O6S2. The molecule has 0 radical (unpaired) electrons. The molecule has 0 saturated heterocycles. The zero-order chi connectivity index (χ0) is 27.0. The van der Waals surface area contributed by atoms with E-state index in [4.69, 9.17) is 0 Å². The summed E-state index contributed by atoms with van der Waals surface area (Å²) in [5, 5.41) is 27.7. The first-order valence-corrected chi connectivity index (χ1v) is 13.8. The van der Waals surface area contributed by atoms with Crippen LogP contribution in [-0.2, 0) is 19.9 Å². The van der Waals surface area contributed by atoms with Gasteiger partial charge in [0.25, 0.3) is 10.1 Å². The van der Waals surface area contributed by atoms with Crippen LogP contribution in [0, 0.1) is 13.8 Å². The number of phenols is 1. The van der Waals surface area contributed by atoms with Gasteiger partial charge >= 0.3 is 0 Å². The first kappa shape index (κ1) is 26.1. The van der Waals surface area contributed by atoms with Gasteiger partial charge in [-0.25, -0.2) is 4.21 Å². The molecule has 0 fully saturated rings. The standard InChI is InChI=1S/C25H22N4O6S2/c1-15-6-4-5-7-21(15)27-26-18-8-11-22(16(2)12-18)28-29-24-20-10-9-19(36(3,31)32)13-17(20)14-23(25(24)30)37(33,34)35/h4-14,30H,3H2,1-2H3,(H,31,32)(H,33,34,35). The third kappa shape index (κ3) is 5.73. The monoisotopic (exact) mass is 538 g/mol. The Morgan fingerprint density at radius 1 is 0.757 bits per heavy atom. The fraction of sp³-hybridized carbons (Fsp3) is 0.0800. The van der Waals surface area contributed by atoms with Crippen LogP contribution in [0.15, 0.2) is 97.0 Å². The van der Waals surface area contributed by atoms with Gasteiger partial charge in [0.2, 0.25) is 0 Å². The SMILES string of the molecule is C=S(=O)(O)c1ccc2c(N=Nc3ccc(N=Nc4ccccc4C)cc3C)c(O)c(S(=O)(=O)O)cc2c1. The minimum Gasteiger partial charge on any atom is -0.504 e. The molecule has 12 heteroatoms. The lowest BCUT2D eigenvalue weighted by molar-refractivity contribution is 0.445. The summed E-state index contributed by atoms with van der Waals surface area (Å²) in [5.74, 6) is 2.38. The molecule has 0 heterocycles. The van der Waals surface area contributed by atoms with Crippen molar-refractivity contribution in [2.24, 2.45) is 20.5 Å². The van der Waals surface area contributed by atoms with Crippen molar-refractivity contribution >= 4 is 59.3 Å². The van der Waals surface area contributed by atoms with E-state index < -0.39 is 30.6 Å². The molecule has 0 amide bonds. The van der Waals surface area contributed by atoms with Gasteiger partial charge in [0.15, 0.2) is 5.75 Å². The highest BCUT2D eigenvalue weighted by Crippen LogP contribution is 2.42. The number of phenolic OH excluding ortho intramolecular Hbond substituents is 1. The Kier molecular flexibility index (Phi) is 6.93. The molecule has 190 valence electrons. The Balaban J connectivity index is 1.76. The summed E-state index contributed by atoms with van der Waals surface area (Å²) in [7, 11) is -8.45. The molecule has 0 bridgehead atoms. The lowest BCUT2D eigenvalue weighted by Crippen LogP contribution is -2.00. The van der Waals surface area contributed by atoms with E-state index >= 15 is 0 Å². The summed E-state index contributed by atoms with van der Waals surface area (Å²) in [6.45, 7) is 3.70. The minimum atomic E-state index is -4.85. The average molecular weight is 539 g/mol. The molecule has 1 unspecified atom stereocenters. The summed E-state index contributed by atoms with van der Waals surface area (Å²) < 4.78 is 55.1. The van der Waals surface area contributed by atoms with Crippen LogP contribution < -0.4 is 0 Å². The Morgan fingerprint density at radius 2 is 1.43 bits per heavy atom. The predicted octanol–water partition coefficient (Wildman–Crippen LogP) is 6.79. The van der Waals surface area contributed by atoms with Crippen LogP contribution in [0.1, 0.15) is 11.1 Å². The highest BCUT2D eigenvalue weighted by Gasteiger charge is 2.22. The third-order valence-electron chi connectivity index (χ3n) is 5.50. The number of benzene rings is 4. The summed E-state index contributed by atoms with van der Waals surface area (Å²) in [6, 6.07) is 17.5. The lowest BCUT2D eigenvalue weighted by atomic mass is 10.1. The fourth-order valence-corrected chi connectivity index (χ4v) is 4.74. The number of nitrogens with zero attached hydrogens (tertiary/aromatic N) is 4. The maximum Gasteiger partial charge on any atom is 0.298 e. The molecule has 0 aromatic heterocycles. The summed E-state index contributed by atoms with van der Waals surface area (Å²) in [4.78, 5) is -0.885. The van der Waals surface area contributed by atoms with E-state index in [-0.39, 0.29) is 21.4 Å². The number of hydrogen-bond acceptors (Lipinski definition) is 8. The van der Waals surface area contributed by atoms with Crippen molar-refractivity contribution in [1.82, 2.24) is 0 Å². The van der Waals surface area contributed by atoms with Crippen molar-refractivity contribution < 1.29 is 26.8 Å². The molecule has 4 aromatic rings. The number of aromatic hydroxyl groups is 1. The van der Waals surface area contributed by atoms with E-state index in [1.165, 1.54) is 18.2 Å². The third-order valence-corrected chi connectivity index (χ3v) is 7.35. The van der Waals surface area contributed by atoms with Crippen LogP contribution in [0.2, 0.25) is 0 Å². The molecule has 0 saturated carbocycles. The molecule has 3 N–H and O–H groups in total. The van der Waals surface area contributed by atoms with Gasteiger partial charge in [-0.2, -0.15) is 23.8 Å². The van der Waals surface area contributed by atoms with E-state index in [0.717, 1.165) is 17.3 Å². The van der Waals surface area contributed by atoms with Crippen molar-refractivity contribution in [3.05, 3.63) is 77.9 Å². The van der Waals surface area contributed by atoms with E-state index in [1.807, 2.05) is 31.2 Å². The molecule has 0 aliphatic rings. The molecule has 1 atom stereocenters. The second kappa shape index (κ2) is 9.82. The maximum atomic E-state index is 12.0. The highest BCUT2D eigenvalue weighted by atomic mass is 32.2. The van der Waals surface area contributed by atoms with Crippen molar-refractivity contribution in [1.29, 1.82) is 0 Å². The molecule has 0 aliphatic heterocycles. The molecule has 4 rings (SSSR count). The molecule has 37 heavy (non-hydrogen) atoms. The van der Waals surface area contributed by atoms with Gasteiger partial charge in [-0.05, 0) is 78.7 Å². The van der Waals surface area contributed by atoms with Gasteiger partial charge in [-0.15, -0.1) is 5.11 Å². The lowest BCUT2D eigenvalue weighted by Gasteiger charge is -2.10. The van der Waals surface area contributed by atoms with Crippen LogP contribution in [0.25, 0.3) is 10.8 Å². The van der Waals surface area contributed by atoms with Crippen LogP contribution in [-0.4, -0.2) is 32.7 Å². The Bertz CT molecular complexity index is 1810. The second-order valence-electron chi connectivity index (χ2n) is 8.23. The van der Waals surface area contributed by atoms with Gasteiger partial charge in [0, 0.05) is 5.39 Å². The smallest absolute Gasteiger partial charge is 0.298 e. The molecule has 0 aliphatic carbocycles. The first-order valence-electron chi connectivity index (χ1n) is 10.7. The molecule has 0 spiro atoms. The van der Waals surface area contributed by atoms with Crippen molar-refractivity contribution in [2.45, 2.75) is 23.6 Å². The van der Waals surface area contributed by atoms with Crippen LogP contribution in [0.5, 0.6) is 5.75 Å². The second-order valence-corrected chi connectivity index (χ2v) is 11.4. The Labute approximate surface area is 213 Å². The van der Waals surface area contributed by atoms with E-state index in [1.54, 1.807) is 25.1 Å². The van der Waals surface area contributed by atoms with E-state index in [0.29, 0.717) is 16.9 Å². The van der Waals surface area contributed by atoms with Gasteiger partial charge in [0.1, 0.15) is 20.4 Å². The predicted molar refractivity (Wildman–Crippen MR) is 142 cm³/mol. The Morgan fingerprint density at radius 3 is 2.08 bits per heavy atom. The number of hydrogen-bond donors (Lipinski definition) is 3. The largest absolute Gasteiger partial charge is 0.504 e. The van der Waals surface area contributed by atoms with Crippen LogP contribution in [0.3, 0.4) is 0 Å². The summed E-state index contributed by atoms with van der Waals surface area (Å²) in [6.07, 6.45) is 0. The zero-order valence-corrected chi connectivity index (χ0v) is 21.4. The number of fused-ring (bicyclic) bond motifs is 1. The normalized spacial score (nSPS) is 13.9.